The lowest BCUT2D eigenvalue weighted by Gasteiger charge is -2.23. The van der Waals surface area contributed by atoms with Crippen molar-refractivity contribution in [1.29, 1.82) is 0 Å². The van der Waals surface area contributed by atoms with E-state index >= 15 is 0 Å². The predicted octanol–water partition coefficient (Wildman–Crippen LogP) is 3.22. The lowest BCUT2D eigenvalue weighted by atomic mass is 10.1. The van der Waals surface area contributed by atoms with Crippen LogP contribution in [0.5, 0.6) is 5.75 Å². The second-order valence-corrected chi connectivity index (χ2v) is 4.43. The standard InChI is InChI=1S/C11H12Cl2O3/c1-11(15-3-4-16-11)7-5-8(12)10(14-2)9(13)6-7/h5-6H,3-4H2,1-2H3. The molecule has 1 heterocycles. The molecule has 0 N–H and O–H groups in total. The van der Waals surface area contributed by atoms with Gasteiger partial charge >= 0.3 is 0 Å². The van der Waals surface area contributed by atoms with Gasteiger partial charge in [0, 0.05) is 5.56 Å². The third-order valence-corrected chi connectivity index (χ3v) is 3.13. The second-order valence-electron chi connectivity index (χ2n) is 3.62. The number of halogens is 2. The predicted molar refractivity (Wildman–Crippen MR) is 62.3 cm³/mol. The van der Waals surface area contributed by atoms with E-state index in [4.69, 9.17) is 37.4 Å². The van der Waals surface area contributed by atoms with Gasteiger partial charge in [-0.1, -0.05) is 23.2 Å². The van der Waals surface area contributed by atoms with Crippen molar-refractivity contribution in [3.05, 3.63) is 27.7 Å². The van der Waals surface area contributed by atoms with Gasteiger partial charge < -0.3 is 14.2 Å². The Morgan fingerprint density at radius 3 is 2.12 bits per heavy atom. The second kappa shape index (κ2) is 4.41. The third kappa shape index (κ3) is 2.00. The van der Waals surface area contributed by atoms with Crippen LogP contribution in [-0.2, 0) is 15.3 Å². The van der Waals surface area contributed by atoms with Crippen molar-refractivity contribution < 1.29 is 14.2 Å². The third-order valence-electron chi connectivity index (χ3n) is 2.57. The molecule has 5 heteroatoms. The van der Waals surface area contributed by atoms with Crippen LogP contribution in [0.25, 0.3) is 0 Å². The average Bonchev–Trinajstić information content (AvgIpc) is 2.66. The van der Waals surface area contributed by atoms with Gasteiger partial charge in [-0.2, -0.15) is 0 Å². The van der Waals surface area contributed by atoms with E-state index in [0.29, 0.717) is 29.0 Å². The van der Waals surface area contributed by atoms with Gasteiger partial charge in [-0.05, 0) is 19.1 Å². The van der Waals surface area contributed by atoms with Crippen molar-refractivity contribution in [2.45, 2.75) is 12.7 Å². The fourth-order valence-corrected chi connectivity index (χ4v) is 2.34. The van der Waals surface area contributed by atoms with Gasteiger partial charge in [-0.25, -0.2) is 0 Å². The van der Waals surface area contributed by atoms with Gasteiger partial charge in [0.1, 0.15) is 0 Å². The summed E-state index contributed by atoms with van der Waals surface area (Å²) in [5.41, 5.74) is 0.792. The fourth-order valence-electron chi connectivity index (χ4n) is 1.70. The Balaban J connectivity index is 2.43. The van der Waals surface area contributed by atoms with Gasteiger partial charge in [-0.15, -0.1) is 0 Å². The minimum atomic E-state index is -0.764. The lowest BCUT2D eigenvalue weighted by Crippen LogP contribution is -2.22. The molecule has 1 aliphatic heterocycles. The van der Waals surface area contributed by atoms with E-state index in [1.807, 2.05) is 6.92 Å². The zero-order chi connectivity index (χ0) is 11.8. The zero-order valence-electron chi connectivity index (χ0n) is 9.05. The summed E-state index contributed by atoms with van der Waals surface area (Å²) in [5.74, 6) is -0.298. The summed E-state index contributed by atoms with van der Waals surface area (Å²) in [6.07, 6.45) is 0. The van der Waals surface area contributed by atoms with Crippen LogP contribution in [0.15, 0.2) is 12.1 Å². The van der Waals surface area contributed by atoms with Crippen LogP contribution in [0.3, 0.4) is 0 Å². The summed E-state index contributed by atoms with van der Waals surface area (Å²) in [4.78, 5) is 0. The van der Waals surface area contributed by atoms with Gasteiger partial charge in [0.15, 0.2) is 11.5 Å². The molecule has 0 aromatic heterocycles. The van der Waals surface area contributed by atoms with Gasteiger partial charge in [-0.3, -0.25) is 0 Å². The van der Waals surface area contributed by atoms with E-state index in [9.17, 15) is 0 Å². The van der Waals surface area contributed by atoms with Crippen molar-refractivity contribution in [2.75, 3.05) is 20.3 Å². The zero-order valence-corrected chi connectivity index (χ0v) is 10.6. The smallest absolute Gasteiger partial charge is 0.192 e. The van der Waals surface area contributed by atoms with Gasteiger partial charge in [0.2, 0.25) is 0 Å². The van der Waals surface area contributed by atoms with Crippen LogP contribution in [-0.4, -0.2) is 20.3 Å². The maximum Gasteiger partial charge on any atom is 0.192 e. The molecule has 0 aliphatic carbocycles. The van der Waals surface area contributed by atoms with Crippen LogP contribution in [0.1, 0.15) is 12.5 Å². The first-order valence-electron chi connectivity index (χ1n) is 4.88. The summed E-state index contributed by atoms with van der Waals surface area (Å²) in [5, 5.41) is 0.899. The van der Waals surface area contributed by atoms with Crippen molar-refractivity contribution in [3.8, 4) is 5.75 Å². The molecule has 0 amide bonds. The Morgan fingerprint density at radius 1 is 1.19 bits per heavy atom. The molecule has 0 spiro atoms. The van der Waals surface area contributed by atoms with Crippen LogP contribution in [0, 0.1) is 0 Å². The molecule has 1 aromatic carbocycles. The molecule has 0 bridgehead atoms. The van der Waals surface area contributed by atoms with Crippen LogP contribution < -0.4 is 4.74 Å². The van der Waals surface area contributed by atoms with Gasteiger partial charge in [0.05, 0.1) is 30.4 Å². The van der Waals surface area contributed by atoms with E-state index < -0.39 is 5.79 Å². The number of hydrogen-bond acceptors (Lipinski definition) is 3. The number of methoxy groups -OCH3 is 1. The molecule has 3 nitrogen and oxygen atoms in total. The maximum atomic E-state index is 6.05. The van der Waals surface area contributed by atoms with E-state index in [0.717, 1.165) is 5.56 Å². The Morgan fingerprint density at radius 2 is 1.69 bits per heavy atom. The molecular formula is C11H12Cl2O3. The molecule has 1 saturated heterocycles. The molecule has 0 atom stereocenters. The summed E-state index contributed by atoms with van der Waals surface area (Å²) in [6.45, 7) is 2.98. The Bertz CT molecular complexity index is 377. The monoisotopic (exact) mass is 262 g/mol. The number of benzene rings is 1. The van der Waals surface area contributed by atoms with Crippen molar-refractivity contribution in [2.24, 2.45) is 0 Å². The quantitative estimate of drug-likeness (QED) is 0.819. The average molecular weight is 263 g/mol. The van der Waals surface area contributed by atoms with E-state index in [1.165, 1.54) is 7.11 Å². The number of ether oxygens (including phenoxy) is 3. The molecule has 0 saturated carbocycles. The summed E-state index contributed by atoms with van der Waals surface area (Å²) in [6, 6.07) is 3.50. The first kappa shape index (κ1) is 12.0. The topological polar surface area (TPSA) is 27.7 Å². The molecule has 1 aromatic rings. The Kier molecular flexibility index (Phi) is 3.31. The van der Waals surface area contributed by atoms with Crippen LogP contribution in [0.4, 0.5) is 0 Å². The highest BCUT2D eigenvalue weighted by molar-refractivity contribution is 6.37. The first-order valence-corrected chi connectivity index (χ1v) is 5.64. The van der Waals surface area contributed by atoms with Crippen molar-refractivity contribution in [3.63, 3.8) is 0 Å². The van der Waals surface area contributed by atoms with Crippen molar-refractivity contribution in [1.82, 2.24) is 0 Å². The first-order chi connectivity index (χ1) is 7.57. The molecular weight excluding hydrogens is 251 g/mol. The minimum absolute atomic E-state index is 0.449. The highest BCUT2D eigenvalue weighted by atomic mass is 35.5. The molecule has 16 heavy (non-hydrogen) atoms. The molecule has 0 radical (unpaired) electrons. The molecule has 1 fully saturated rings. The van der Waals surface area contributed by atoms with Crippen LogP contribution in [0.2, 0.25) is 10.0 Å². The SMILES string of the molecule is COc1c(Cl)cc(C2(C)OCCO2)cc1Cl. The van der Waals surface area contributed by atoms with Crippen LogP contribution >= 0.6 is 23.2 Å². The van der Waals surface area contributed by atoms with Crippen molar-refractivity contribution >= 4 is 23.2 Å². The molecule has 2 rings (SSSR count). The minimum Gasteiger partial charge on any atom is -0.494 e. The highest BCUT2D eigenvalue weighted by Gasteiger charge is 2.34. The number of rotatable bonds is 2. The highest BCUT2D eigenvalue weighted by Crippen LogP contribution is 2.39. The normalized spacial score (nSPS) is 18.8. The molecule has 88 valence electrons. The number of hydrogen-bond donors (Lipinski definition) is 0. The van der Waals surface area contributed by atoms with E-state index in [-0.39, 0.29) is 0 Å². The van der Waals surface area contributed by atoms with E-state index in [1.54, 1.807) is 12.1 Å². The lowest BCUT2D eigenvalue weighted by molar-refractivity contribution is -0.149. The maximum absolute atomic E-state index is 6.05. The molecule has 1 aliphatic rings. The molecule has 0 unspecified atom stereocenters. The summed E-state index contributed by atoms with van der Waals surface area (Å²) in [7, 11) is 1.52. The van der Waals surface area contributed by atoms with Gasteiger partial charge in [0.25, 0.3) is 0 Å². The largest absolute Gasteiger partial charge is 0.494 e. The summed E-state index contributed by atoms with van der Waals surface area (Å²) < 4.78 is 16.1. The summed E-state index contributed by atoms with van der Waals surface area (Å²) >= 11 is 12.1. The Hall–Kier alpha value is -0.480. The Labute approximate surface area is 104 Å². The fraction of sp³-hybridized carbons (Fsp3) is 0.455. The van der Waals surface area contributed by atoms with E-state index in [2.05, 4.69) is 0 Å².